The summed E-state index contributed by atoms with van der Waals surface area (Å²) in [7, 11) is 0. The Morgan fingerprint density at radius 1 is 1.17 bits per heavy atom. The summed E-state index contributed by atoms with van der Waals surface area (Å²) < 4.78 is 10.6. The lowest BCUT2D eigenvalue weighted by atomic mass is 10.0. The highest BCUT2D eigenvalue weighted by Gasteiger charge is 2.29. The van der Waals surface area contributed by atoms with Crippen molar-refractivity contribution in [3.8, 4) is 11.4 Å². The summed E-state index contributed by atoms with van der Waals surface area (Å²) in [6.07, 6.45) is -0.419. The van der Waals surface area contributed by atoms with Crippen molar-refractivity contribution in [2.45, 2.75) is 12.1 Å². The van der Waals surface area contributed by atoms with Gasteiger partial charge in [0, 0.05) is 18.7 Å². The van der Waals surface area contributed by atoms with Crippen LogP contribution in [0.3, 0.4) is 0 Å². The smallest absolute Gasteiger partial charge is 0.370 e. The molecule has 1 saturated heterocycles. The molecule has 2 aromatic carbocycles. The highest BCUT2D eigenvalue weighted by atomic mass is 35.5. The fourth-order valence-electron chi connectivity index (χ4n) is 3.36. The Labute approximate surface area is 181 Å². The fourth-order valence-corrected chi connectivity index (χ4v) is 3.67. The Kier molecular flexibility index (Phi) is 6.19. The predicted octanol–water partition coefficient (Wildman–Crippen LogP) is 2.80. The molecule has 2 heterocycles. The van der Waals surface area contributed by atoms with E-state index in [9.17, 15) is 9.59 Å². The molecule has 1 aliphatic heterocycles. The second-order valence-electron chi connectivity index (χ2n) is 6.74. The van der Waals surface area contributed by atoms with E-state index in [-0.39, 0.29) is 17.8 Å². The molecule has 0 aliphatic carbocycles. The van der Waals surface area contributed by atoms with Gasteiger partial charge in [-0.2, -0.15) is 0 Å². The van der Waals surface area contributed by atoms with Crippen LogP contribution in [-0.4, -0.2) is 41.8 Å². The van der Waals surface area contributed by atoms with Gasteiger partial charge >= 0.3 is 5.76 Å². The minimum atomic E-state index is -0.693. The number of H-pyrrole nitrogens is 1. The number of halogens is 2. The number of ether oxygens (including phenoxy) is 1. The summed E-state index contributed by atoms with van der Waals surface area (Å²) in [6, 6.07) is 11.7. The molecule has 3 N–H and O–H groups in total. The standard InChI is InChI=1S/C20H18Cl2N4O4/c21-14-6-5-11(9-15(14)22)17-16(10-23-7-8-29-17)24-19(27)13-4-2-1-3-12(13)18-25-20(28)30-26-18/h1-6,9,16-17,23H,7-8,10H2,(H,24,27)(H,25,26,28). The van der Waals surface area contributed by atoms with E-state index in [1.165, 1.54) is 0 Å². The van der Waals surface area contributed by atoms with Gasteiger partial charge in [-0.15, -0.1) is 0 Å². The Bertz CT molecular complexity index is 1110. The van der Waals surface area contributed by atoms with Crippen LogP contribution < -0.4 is 16.4 Å². The van der Waals surface area contributed by atoms with Gasteiger partial charge in [0.15, 0.2) is 5.82 Å². The van der Waals surface area contributed by atoms with Crippen molar-refractivity contribution in [3.05, 3.63) is 74.2 Å². The third kappa shape index (κ3) is 4.41. The number of carbonyl (C=O) groups is 1. The van der Waals surface area contributed by atoms with E-state index < -0.39 is 11.9 Å². The zero-order valence-electron chi connectivity index (χ0n) is 15.7. The van der Waals surface area contributed by atoms with E-state index in [1.807, 2.05) is 6.07 Å². The van der Waals surface area contributed by atoms with Gasteiger partial charge in [0.2, 0.25) is 0 Å². The average molecular weight is 449 g/mol. The zero-order chi connectivity index (χ0) is 21.1. The SMILES string of the molecule is O=C(NC1CNCCOC1c1ccc(Cl)c(Cl)c1)c1ccccc1-c1noc(=O)[nH]1. The van der Waals surface area contributed by atoms with Crippen molar-refractivity contribution in [3.63, 3.8) is 0 Å². The van der Waals surface area contributed by atoms with Gasteiger partial charge in [-0.1, -0.05) is 52.6 Å². The molecule has 0 bridgehead atoms. The van der Waals surface area contributed by atoms with Crippen LogP contribution in [0.15, 0.2) is 51.8 Å². The third-order valence-corrected chi connectivity index (χ3v) is 5.50. The Hall–Kier alpha value is -2.65. The van der Waals surface area contributed by atoms with Gasteiger partial charge in [-0.3, -0.25) is 14.3 Å². The molecule has 0 saturated carbocycles. The van der Waals surface area contributed by atoms with Crippen molar-refractivity contribution in [1.82, 2.24) is 20.8 Å². The van der Waals surface area contributed by atoms with Crippen LogP contribution in [0.1, 0.15) is 22.0 Å². The van der Waals surface area contributed by atoms with Crippen LogP contribution >= 0.6 is 23.2 Å². The number of amides is 1. The lowest BCUT2D eigenvalue weighted by Gasteiger charge is -2.26. The highest BCUT2D eigenvalue weighted by Crippen LogP contribution is 2.30. The topological polar surface area (TPSA) is 109 Å². The molecule has 30 heavy (non-hydrogen) atoms. The second kappa shape index (κ2) is 9.01. The third-order valence-electron chi connectivity index (χ3n) is 4.76. The number of nitrogens with zero attached hydrogens (tertiary/aromatic N) is 1. The quantitative estimate of drug-likeness (QED) is 0.565. The Balaban J connectivity index is 1.62. The van der Waals surface area contributed by atoms with E-state index in [0.717, 1.165) is 5.56 Å². The molecule has 156 valence electrons. The van der Waals surface area contributed by atoms with E-state index in [4.69, 9.17) is 27.9 Å². The molecular weight excluding hydrogens is 431 g/mol. The van der Waals surface area contributed by atoms with E-state index in [1.54, 1.807) is 36.4 Å². The van der Waals surface area contributed by atoms with Crippen LogP contribution in [-0.2, 0) is 4.74 Å². The minimum Gasteiger partial charge on any atom is -0.370 e. The van der Waals surface area contributed by atoms with Crippen molar-refractivity contribution in [1.29, 1.82) is 0 Å². The van der Waals surface area contributed by atoms with Gasteiger partial charge in [-0.25, -0.2) is 4.79 Å². The van der Waals surface area contributed by atoms with Gasteiger partial charge in [-0.05, 0) is 23.8 Å². The predicted molar refractivity (Wildman–Crippen MR) is 112 cm³/mol. The zero-order valence-corrected chi connectivity index (χ0v) is 17.2. The summed E-state index contributed by atoms with van der Waals surface area (Å²) in [5.74, 6) is -0.847. The number of benzene rings is 2. The molecule has 0 spiro atoms. The van der Waals surface area contributed by atoms with Crippen LogP contribution in [0.5, 0.6) is 0 Å². The van der Waals surface area contributed by atoms with Crippen molar-refractivity contribution in [2.75, 3.05) is 19.7 Å². The number of aromatic amines is 1. The Morgan fingerprint density at radius 2 is 2.00 bits per heavy atom. The van der Waals surface area contributed by atoms with Crippen LogP contribution in [0.4, 0.5) is 0 Å². The summed E-state index contributed by atoms with van der Waals surface area (Å²) in [4.78, 5) is 26.9. The van der Waals surface area contributed by atoms with Gasteiger partial charge < -0.3 is 15.4 Å². The molecule has 4 rings (SSSR count). The number of hydrogen-bond donors (Lipinski definition) is 3. The number of aromatic nitrogens is 2. The molecule has 8 nitrogen and oxygen atoms in total. The molecule has 3 aromatic rings. The molecule has 1 aliphatic rings. The van der Waals surface area contributed by atoms with Crippen molar-refractivity contribution in [2.24, 2.45) is 0 Å². The highest BCUT2D eigenvalue weighted by molar-refractivity contribution is 6.42. The lowest BCUT2D eigenvalue weighted by molar-refractivity contribution is 0.0417. The maximum atomic E-state index is 13.1. The summed E-state index contributed by atoms with van der Waals surface area (Å²) in [5.41, 5.74) is 1.61. The van der Waals surface area contributed by atoms with Gasteiger partial charge in [0.05, 0.1) is 28.3 Å². The molecule has 2 unspecified atom stereocenters. The first-order valence-electron chi connectivity index (χ1n) is 9.26. The van der Waals surface area contributed by atoms with Crippen LogP contribution in [0.25, 0.3) is 11.4 Å². The normalized spacial score (nSPS) is 19.3. The number of hydrogen-bond acceptors (Lipinski definition) is 6. The summed E-state index contributed by atoms with van der Waals surface area (Å²) >= 11 is 12.2. The van der Waals surface area contributed by atoms with Crippen molar-refractivity contribution >= 4 is 29.1 Å². The lowest BCUT2D eigenvalue weighted by Crippen LogP contribution is -2.45. The first-order valence-corrected chi connectivity index (χ1v) is 10.0. The molecule has 1 amide bonds. The second-order valence-corrected chi connectivity index (χ2v) is 7.55. The summed E-state index contributed by atoms with van der Waals surface area (Å²) in [6.45, 7) is 1.63. The van der Waals surface area contributed by atoms with Crippen molar-refractivity contribution < 1.29 is 14.1 Å². The number of rotatable bonds is 4. The van der Waals surface area contributed by atoms with Gasteiger partial charge in [0.25, 0.3) is 5.91 Å². The first-order chi connectivity index (χ1) is 14.5. The van der Waals surface area contributed by atoms with Crippen LogP contribution in [0, 0.1) is 0 Å². The Morgan fingerprint density at radius 3 is 2.77 bits per heavy atom. The number of nitrogens with one attached hydrogen (secondary N) is 3. The van der Waals surface area contributed by atoms with Crippen LogP contribution in [0.2, 0.25) is 10.0 Å². The maximum absolute atomic E-state index is 13.1. The molecule has 1 aromatic heterocycles. The molecule has 0 radical (unpaired) electrons. The maximum Gasteiger partial charge on any atom is 0.439 e. The largest absolute Gasteiger partial charge is 0.439 e. The first kappa shape index (κ1) is 20.6. The molecule has 10 heteroatoms. The monoisotopic (exact) mass is 448 g/mol. The molecular formula is C20H18Cl2N4O4. The minimum absolute atomic E-state index is 0.182. The average Bonchev–Trinajstić information content (AvgIpc) is 3.05. The molecule has 1 fully saturated rings. The number of carbonyl (C=O) groups excluding carboxylic acids is 1. The molecule has 2 atom stereocenters. The van der Waals surface area contributed by atoms with E-state index in [2.05, 4.69) is 25.3 Å². The fraction of sp³-hybridized carbons (Fsp3) is 0.250. The van der Waals surface area contributed by atoms with E-state index >= 15 is 0 Å². The van der Waals surface area contributed by atoms with Gasteiger partial charge in [0.1, 0.15) is 6.10 Å². The summed E-state index contributed by atoms with van der Waals surface area (Å²) in [5, 5.41) is 10.8. The van der Waals surface area contributed by atoms with E-state index in [0.29, 0.717) is 40.9 Å².